The molecule has 1 atom stereocenters. The largest absolute Gasteiger partial charge is 0.436 e. The monoisotopic (exact) mass is 344 g/mol. The summed E-state index contributed by atoms with van der Waals surface area (Å²) in [6.45, 7) is 7.14. The Kier molecular flexibility index (Phi) is 3.79. The van der Waals surface area contributed by atoms with Crippen LogP contribution < -0.4 is 9.64 Å². The lowest BCUT2D eigenvalue weighted by Gasteiger charge is -2.38. The molecular weight excluding hydrogens is 324 g/mol. The van der Waals surface area contributed by atoms with E-state index in [0.717, 1.165) is 38.4 Å². The van der Waals surface area contributed by atoms with E-state index in [1.54, 1.807) is 10.8 Å². The number of nitrogens with zero attached hydrogens (tertiary/aromatic N) is 6. The fourth-order valence-electron chi connectivity index (χ4n) is 3.54. The Labute approximate surface area is 145 Å². The molecule has 0 bridgehead atoms. The van der Waals surface area contributed by atoms with Crippen molar-refractivity contribution in [2.45, 2.75) is 19.1 Å². The Morgan fingerprint density at radius 1 is 1.36 bits per heavy atom. The average Bonchev–Trinajstić information content (AvgIpc) is 3.11. The number of rotatable bonds is 4. The predicted octanol–water partition coefficient (Wildman–Crippen LogP) is 1.16. The molecule has 9 nitrogen and oxygen atoms in total. The molecule has 9 heteroatoms. The van der Waals surface area contributed by atoms with E-state index in [1.807, 2.05) is 19.2 Å². The Morgan fingerprint density at radius 2 is 2.16 bits per heavy atom. The zero-order valence-electron chi connectivity index (χ0n) is 14.0. The van der Waals surface area contributed by atoms with Crippen LogP contribution in [0.5, 0.6) is 6.01 Å². The van der Waals surface area contributed by atoms with Crippen LogP contribution in [0.15, 0.2) is 30.7 Å². The van der Waals surface area contributed by atoms with Gasteiger partial charge in [0.15, 0.2) is 0 Å². The maximum atomic E-state index is 10.8. The molecule has 0 aromatic carbocycles. The molecule has 2 aliphatic rings. The third kappa shape index (κ3) is 3.14. The number of hydrogen-bond acceptors (Lipinski definition) is 7. The molecule has 0 N–H and O–H groups in total. The molecule has 0 spiro atoms. The predicted molar refractivity (Wildman–Crippen MR) is 90.8 cm³/mol. The van der Waals surface area contributed by atoms with Crippen LogP contribution in [-0.2, 0) is 6.54 Å². The number of anilines is 1. The van der Waals surface area contributed by atoms with Gasteiger partial charge < -0.3 is 19.8 Å². The normalized spacial score (nSPS) is 23.3. The van der Waals surface area contributed by atoms with Crippen molar-refractivity contribution >= 4 is 11.5 Å². The first-order valence-electron chi connectivity index (χ1n) is 8.30. The van der Waals surface area contributed by atoms with Gasteiger partial charge in [0.05, 0.1) is 18.4 Å². The maximum absolute atomic E-state index is 10.8. The summed E-state index contributed by atoms with van der Waals surface area (Å²) >= 11 is 0. The maximum Gasteiger partial charge on any atom is 0.415 e. The molecule has 0 amide bonds. The Hall–Kier alpha value is -2.68. The van der Waals surface area contributed by atoms with E-state index in [9.17, 15) is 10.1 Å². The fourth-order valence-corrected chi connectivity index (χ4v) is 3.54. The van der Waals surface area contributed by atoms with Gasteiger partial charge in [-0.15, -0.1) is 0 Å². The van der Waals surface area contributed by atoms with E-state index in [0.29, 0.717) is 12.6 Å². The standard InChI is InChI=1S/C16H20N6O3/c1-16(12-21-10-14(22(23)24)18-15(21)25-16)11-19-5-7-20(8-6-19)13-3-2-4-17-9-13/h2-4,9-10H,5-8,11-12H2,1H3/t16-/m0/s1. The van der Waals surface area contributed by atoms with E-state index < -0.39 is 10.5 Å². The van der Waals surface area contributed by atoms with Crippen LogP contribution in [0, 0.1) is 10.1 Å². The van der Waals surface area contributed by atoms with Crippen molar-refractivity contribution in [3.8, 4) is 6.01 Å². The summed E-state index contributed by atoms with van der Waals surface area (Å²) in [7, 11) is 0. The lowest BCUT2D eigenvalue weighted by molar-refractivity contribution is -0.389. The summed E-state index contributed by atoms with van der Waals surface area (Å²) in [5.41, 5.74) is 0.742. The van der Waals surface area contributed by atoms with Gasteiger partial charge in [0.1, 0.15) is 11.8 Å². The molecule has 0 saturated carbocycles. The van der Waals surface area contributed by atoms with Gasteiger partial charge in [0, 0.05) is 43.9 Å². The van der Waals surface area contributed by atoms with Gasteiger partial charge in [-0.25, -0.2) is 0 Å². The van der Waals surface area contributed by atoms with E-state index in [-0.39, 0.29) is 5.82 Å². The highest BCUT2D eigenvalue weighted by Crippen LogP contribution is 2.31. The zero-order valence-corrected chi connectivity index (χ0v) is 14.0. The van der Waals surface area contributed by atoms with Gasteiger partial charge in [-0.2, -0.15) is 0 Å². The molecule has 25 heavy (non-hydrogen) atoms. The van der Waals surface area contributed by atoms with Crippen LogP contribution in [-0.4, -0.2) is 62.7 Å². The molecule has 2 aromatic heterocycles. The topological polar surface area (TPSA) is 89.6 Å². The first-order valence-corrected chi connectivity index (χ1v) is 8.30. The lowest BCUT2D eigenvalue weighted by atomic mass is 10.1. The second-order valence-electron chi connectivity index (χ2n) is 6.79. The highest BCUT2D eigenvalue weighted by atomic mass is 16.6. The summed E-state index contributed by atoms with van der Waals surface area (Å²) in [5, 5.41) is 10.8. The Balaban J connectivity index is 1.34. The van der Waals surface area contributed by atoms with Gasteiger partial charge >= 0.3 is 11.8 Å². The van der Waals surface area contributed by atoms with Crippen LogP contribution in [0.3, 0.4) is 0 Å². The number of fused-ring (bicyclic) bond motifs is 1. The van der Waals surface area contributed by atoms with Gasteiger partial charge in [-0.3, -0.25) is 14.5 Å². The van der Waals surface area contributed by atoms with Crippen LogP contribution in [0.2, 0.25) is 0 Å². The summed E-state index contributed by atoms with van der Waals surface area (Å²) < 4.78 is 7.65. The molecule has 1 saturated heterocycles. The number of nitro groups is 1. The van der Waals surface area contributed by atoms with Crippen LogP contribution in [0.25, 0.3) is 0 Å². The van der Waals surface area contributed by atoms with Crippen LogP contribution in [0.1, 0.15) is 6.92 Å². The molecule has 1 fully saturated rings. The minimum absolute atomic E-state index is 0.165. The lowest BCUT2D eigenvalue weighted by Crippen LogP contribution is -2.52. The van der Waals surface area contributed by atoms with Crippen LogP contribution in [0.4, 0.5) is 11.5 Å². The summed E-state index contributed by atoms with van der Waals surface area (Å²) in [5.74, 6) is -0.165. The van der Waals surface area contributed by atoms with Crippen molar-refractivity contribution < 1.29 is 9.66 Å². The van der Waals surface area contributed by atoms with Crippen molar-refractivity contribution in [2.75, 3.05) is 37.6 Å². The second kappa shape index (κ2) is 5.99. The number of aromatic nitrogens is 3. The zero-order chi connectivity index (χ0) is 17.4. The number of hydrogen-bond donors (Lipinski definition) is 0. The fraction of sp³-hybridized carbons (Fsp3) is 0.500. The number of pyridine rings is 1. The molecule has 2 aromatic rings. The molecule has 0 radical (unpaired) electrons. The molecule has 4 rings (SSSR count). The Morgan fingerprint density at radius 3 is 2.80 bits per heavy atom. The third-order valence-corrected chi connectivity index (χ3v) is 4.70. The summed E-state index contributed by atoms with van der Waals surface area (Å²) in [6, 6.07) is 4.37. The number of ether oxygens (including phenoxy) is 1. The molecule has 4 heterocycles. The minimum atomic E-state index is -0.496. The van der Waals surface area contributed by atoms with Gasteiger partial charge in [-0.1, -0.05) is 0 Å². The SMILES string of the molecule is C[C@]1(CN2CCN(c3cccnc3)CC2)Cn2cc([N+](=O)[O-])nc2O1. The van der Waals surface area contributed by atoms with Crippen molar-refractivity contribution in [2.24, 2.45) is 0 Å². The third-order valence-electron chi connectivity index (χ3n) is 4.70. The quantitative estimate of drug-likeness (QED) is 0.607. The second-order valence-corrected chi connectivity index (χ2v) is 6.79. The van der Waals surface area contributed by atoms with Crippen molar-refractivity contribution in [3.63, 3.8) is 0 Å². The molecular formula is C16H20N6O3. The first-order chi connectivity index (χ1) is 12.0. The Bertz CT molecular complexity index is 746. The van der Waals surface area contributed by atoms with E-state index in [2.05, 4.69) is 25.8 Å². The van der Waals surface area contributed by atoms with E-state index >= 15 is 0 Å². The van der Waals surface area contributed by atoms with Crippen molar-refractivity contribution in [3.05, 3.63) is 40.8 Å². The van der Waals surface area contributed by atoms with E-state index in [1.165, 1.54) is 6.20 Å². The van der Waals surface area contributed by atoms with Gasteiger partial charge in [0.25, 0.3) is 0 Å². The van der Waals surface area contributed by atoms with Gasteiger partial charge in [0.2, 0.25) is 0 Å². The van der Waals surface area contributed by atoms with Gasteiger partial charge in [-0.05, 0) is 24.0 Å². The highest BCUT2D eigenvalue weighted by molar-refractivity contribution is 5.44. The molecule has 2 aliphatic heterocycles. The van der Waals surface area contributed by atoms with E-state index in [4.69, 9.17) is 4.74 Å². The summed E-state index contributed by atoms with van der Waals surface area (Å²) in [4.78, 5) is 23.1. The number of imidazole rings is 1. The van der Waals surface area contributed by atoms with Crippen molar-refractivity contribution in [1.82, 2.24) is 19.4 Å². The molecule has 0 aliphatic carbocycles. The summed E-state index contributed by atoms with van der Waals surface area (Å²) in [6.07, 6.45) is 5.12. The number of piperazine rings is 1. The average molecular weight is 344 g/mol. The molecule has 0 unspecified atom stereocenters. The highest BCUT2D eigenvalue weighted by Gasteiger charge is 2.41. The molecule has 132 valence electrons. The first kappa shape index (κ1) is 15.8. The van der Waals surface area contributed by atoms with Crippen LogP contribution >= 0.6 is 0 Å². The smallest absolute Gasteiger partial charge is 0.415 e. The van der Waals surface area contributed by atoms with Crippen molar-refractivity contribution in [1.29, 1.82) is 0 Å². The minimum Gasteiger partial charge on any atom is -0.436 e.